The van der Waals surface area contributed by atoms with Crippen LogP contribution >= 0.6 is 23.2 Å². The number of amides is 2. The van der Waals surface area contributed by atoms with Gasteiger partial charge in [-0.2, -0.15) is 0 Å². The summed E-state index contributed by atoms with van der Waals surface area (Å²) in [7, 11) is 0. The summed E-state index contributed by atoms with van der Waals surface area (Å²) in [6.07, 6.45) is 1.52. The van der Waals surface area contributed by atoms with Crippen LogP contribution in [-0.4, -0.2) is 34.0 Å². The van der Waals surface area contributed by atoms with E-state index in [0.717, 1.165) is 57.6 Å². The molecular formula is C48H36Cl2N2O6. The first-order valence-electron chi connectivity index (χ1n) is 19.0. The SMILES string of the molecule is O=C(O)c1cccc(CN2C(=O)[C@@]3(C[C@H]3c3cccc(Cl)c3)c3ccccc32)c1.O=C(O)c1cccc(CN2C(=O)[C@]3(C[C@@H]3c3cccc(Cl)c3)c3ccccc32)c1. The topological polar surface area (TPSA) is 115 Å². The van der Waals surface area contributed by atoms with Gasteiger partial charge in [0.1, 0.15) is 0 Å². The van der Waals surface area contributed by atoms with Gasteiger partial charge in [0, 0.05) is 33.3 Å². The molecule has 0 unspecified atom stereocenters. The van der Waals surface area contributed by atoms with Gasteiger partial charge in [0.25, 0.3) is 0 Å². The van der Waals surface area contributed by atoms with Gasteiger partial charge >= 0.3 is 11.9 Å². The molecule has 4 atom stereocenters. The lowest BCUT2D eigenvalue weighted by atomic mass is 9.92. The summed E-state index contributed by atoms with van der Waals surface area (Å²) < 4.78 is 0. The largest absolute Gasteiger partial charge is 0.478 e. The molecule has 2 amide bonds. The molecule has 10 heteroatoms. The fraction of sp³-hybridized carbons (Fsp3) is 0.167. The third kappa shape index (κ3) is 6.24. The molecule has 0 radical (unpaired) electrons. The Kier molecular flexibility index (Phi) is 9.22. The molecule has 6 aromatic rings. The van der Waals surface area contributed by atoms with Crippen LogP contribution in [0.25, 0.3) is 0 Å². The molecule has 6 aromatic carbocycles. The highest BCUT2D eigenvalue weighted by molar-refractivity contribution is 6.31. The van der Waals surface area contributed by atoms with Gasteiger partial charge in [0.2, 0.25) is 11.8 Å². The number of carbonyl (C=O) groups is 4. The Morgan fingerprint density at radius 3 is 1.33 bits per heavy atom. The Bertz CT molecular complexity index is 2500. The van der Waals surface area contributed by atoms with Crippen molar-refractivity contribution in [1.29, 1.82) is 0 Å². The summed E-state index contributed by atoms with van der Waals surface area (Å²) in [4.78, 5) is 53.4. The molecule has 0 aromatic heterocycles. The first kappa shape index (κ1) is 37.4. The van der Waals surface area contributed by atoms with Crippen molar-refractivity contribution in [2.24, 2.45) is 0 Å². The number of fused-ring (bicyclic) bond motifs is 4. The zero-order valence-electron chi connectivity index (χ0n) is 31.0. The monoisotopic (exact) mass is 806 g/mol. The van der Waals surface area contributed by atoms with Crippen molar-refractivity contribution in [2.75, 3.05) is 9.80 Å². The number of para-hydroxylation sites is 2. The highest BCUT2D eigenvalue weighted by Gasteiger charge is 2.68. The smallest absolute Gasteiger partial charge is 0.335 e. The van der Waals surface area contributed by atoms with Crippen LogP contribution in [0.5, 0.6) is 0 Å². The lowest BCUT2D eigenvalue weighted by Crippen LogP contribution is -2.32. The number of aromatic carboxylic acids is 2. The minimum absolute atomic E-state index is 0.0735. The van der Waals surface area contributed by atoms with Crippen molar-refractivity contribution >= 4 is 58.3 Å². The van der Waals surface area contributed by atoms with E-state index in [2.05, 4.69) is 0 Å². The van der Waals surface area contributed by atoms with Crippen LogP contribution in [0.3, 0.4) is 0 Å². The average molecular weight is 808 g/mol. The first-order chi connectivity index (χ1) is 28.0. The van der Waals surface area contributed by atoms with Crippen LogP contribution in [0.1, 0.15) is 78.8 Å². The van der Waals surface area contributed by atoms with E-state index < -0.39 is 22.8 Å². The second kappa shape index (κ2) is 14.3. The van der Waals surface area contributed by atoms with Crippen molar-refractivity contribution in [3.8, 4) is 0 Å². The molecule has 2 heterocycles. The van der Waals surface area contributed by atoms with Gasteiger partial charge in [-0.15, -0.1) is 0 Å². The highest BCUT2D eigenvalue weighted by atomic mass is 35.5. The number of carbonyl (C=O) groups excluding carboxylic acids is 2. The number of rotatable bonds is 8. The van der Waals surface area contributed by atoms with Gasteiger partial charge in [-0.25, -0.2) is 9.59 Å². The van der Waals surface area contributed by atoms with Crippen LogP contribution < -0.4 is 9.80 Å². The molecule has 2 aliphatic heterocycles. The molecule has 2 aliphatic carbocycles. The van der Waals surface area contributed by atoms with Crippen LogP contribution in [0, 0.1) is 0 Å². The molecular weight excluding hydrogens is 771 g/mol. The number of halogens is 2. The van der Waals surface area contributed by atoms with E-state index in [1.165, 1.54) is 0 Å². The van der Waals surface area contributed by atoms with E-state index in [0.29, 0.717) is 23.1 Å². The van der Waals surface area contributed by atoms with Gasteiger partial charge in [0.15, 0.2) is 0 Å². The molecule has 288 valence electrons. The lowest BCUT2D eigenvalue weighted by Gasteiger charge is -2.19. The van der Waals surface area contributed by atoms with Crippen molar-refractivity contribution in [3.05, 3.63) is 200 Å². The molecule has 2 spiro atoms. The van der Waals surface area contributed by atoms with E-state index >= 15 is 0 Å². The third-order valence-corrected chi connectivity index (χ3v) is 12.5. The number of hydrogen-bond donors (Lipinski definition) is 2. The second-order valence-electron chi connectivity index (χ2n) is 15.4. The molecule has 4 aliphatic rings. The number of carboxylic acids is 2. The fourth-order valence-electron chi connectivity index (χ4n) is 9.23. The van der Waals surface area contributed by atoms with Crippen LogP contribution in [0.15, 0.2) is 146 Å². The minimum atomic E-state index is -0.973. The molecule has 2 fully saturated rings. The zero-order valence-corrected chi connectivity index (χ0v) is 32.5. The standard InChI is InChI=1S/2C24H18ClNO3/c2*25-18-8-4-6-16(12-18)20-13-24(20)19-9-1-2-10-21(19)26(23(24)29)14-15-5-3-7-17(11-15)22(27)28/h2*1-12,20H,13-14H2,(H,27,28)/t2*20-,24-/m10/s1. The zero-order chi connectivity index (χ0) is 40.3. The Balaban J connectivity index is 0.000000150. The van der Waals surface area contributed by atoms with Gasteiger partial charge in [0.05, 0.1) is 35.0 Å². The molecule has 58 heavy (non-hydrogen) atoms. The normalized spacial score (nSPS) is 22.0. The van der Waals surface area contributed by atoms with E-state index in [9.17, 15) is 29.4 Å². The number of anilines is 2. The van der Waals surface area contributed by atoms with Crippen LogP contribution in [0.4, 0.5) is 11.4 Å². The maximum absolute atomic E-state index is 13.6. The molecule has 10 rings (SSSR count). The Morgan fingerprint density at radius 2 is 0.931 bits per heavy atom. The van der Waals surface area contributed by atoms with Crippen molar-refractivity contribution in [1.82, 2.24) is 0 Å². The van der Waals surface area contributed by atoms with E-state index in [4.69, 9.17) is 23.2 Å². The fourth-order valence-corrected chi connectivity index (χ4v) is 9.63. The Morgan fingerprint density at radius 1 is 0.534 bits per heavy atom. The highest BCUT2D eigenvalue weighted by Crippen LogP contribution is 2.67. The average Bonchev–Trinajstić information content (AvgIpc) is 4.14. The lowest BCUT2D eigenvalue weighted by molar-refractivity contribution is -0.121. The second-order valence-corrected chi connectivity index (χ2v) is 16.3. The van der Waals surface area contributed by atoms with Crippen molar-refractivity contribution in [2.45, 2.75) is 48.6 Å². The molecule has 2 N–H and O–H groups in total. The maximum Gasteiger partial charge on any atom is 0.335 e. The molecule has 0 saturated heterocycles. The summed E-state index contributed by atoms with van der Waals surface area (Å²) in [5.41, 5.74) is 7.00. The number of hydrogen-bond acceptors (Lipinski definition) is 4. The van der Waals surface area contributed by atoms with Crippen LogP contribution in [0.2, 0.25) is 10.0 Å². The van der Waals surface area contributed by atoms with E-state index in [1.54, 1.807) is 46.2 Å². The number of nitrogens with zero attached hydrogens (tertiary/aromatic N) is 2. The van der Waals surface area contributed by atoms with E-state index in [-0.39, 0.29) is 34.8 Å². The minimum Gasteiger partial charge on any atom is -0.478 e. The summed E-state index contributed by atoms with van der Waals surface area (Å²) in [6.45, 7) is 0.696. The van der Waals surface area contributed by atoms with Gasteiger partial charge in [-0.3, -0.25) is 9.59 Å². The molecule has 8 nitrogen and oxygen atoms in total. The first-order valence-corrected chi connectivity index (χ1v) is 19.8. The number of benzene rings is 6. The van der Waals surface area contributed by atoms with E-state index in [1.807, 2.05) is 109 Å². The van der Waals surface area contributed by atoms with Crippen molar-refractivity contribution in [3.63, 3.8) is 0 Å². The summed E-state index contributed by atoms with van der Waals surface area (Å²) >= 11 is 12.4. The van der Waals surface area contributed by atoms with Crippen LogP contribution in [-0.2, 0) is 33.5 Å². The predicted molar refractivity (Wildman–Crippen MR) is 223 cm³/mol. The third-order valence-electron chi connectivity index (χ3n) is 12.1. The molecule has 0 bridgehead atoms. The maximum atomic E-state index is 13.6. The summed E-state index contributed by atoms with van der Waals surface area (Å²) in [5, 5.41) is 19.9. The Hall–Kier alpha value is -6.22. The molecule has 2 saturated carbocycles. The van der Waals surface area contributed by atoms with Gasteiger partial charge in [-0.1, -0.05) is 108 Å². The van der Waals surface area contributed by atoms with Gasteiger partial charge < -0.3 is 20.0 Å². The predicted octanol–water partition coefficient (Wildman–Crippen LogP) is 10.0. The quantitative estimate of drug-likeness (QED) is 0.158. The Labute approximate surface area is 344 Å². The number of carboxylic acid groups (broad SMARTS) is 2. The summed E-state index contributed by atoms with van der Waals surface area (Å²) in [5.74, 6) is -1.59. The van der Waals surface area contributed by atoms with Gasteiger partial charge in [-0.05, 0) is 107 Å². The summed E-state index contributed by atoms with van der Waals surface area (Å²) in [6, 6.07) is 44.8. The van der Waals surface area contributed by atoms with Crippen molar-refractivity contribution < 1.29 is 29.4 Å².